The predicted octanol–water partition coefficient (Wildman–Crippen LogP) is 3.56. The molecule has 1 aromatic heterocycles. The first kappa shape index (κ1) is 21.0. The van der Waals surface area contributed by atoms with E-state index in [1.807, 2.05) is 46.2 Å². The number of aromatic hydroxyl groups is 1. The summed E-state index contributed by atoms with van der Waals surface area (Å²) in [4.78, 5) is 34.2. The highest BCUT2D eigenvalue weighted by Gasteiger charge is 2.48. The smallest absolute Gasteiger partial charge is 0.254 e. The van der Waals surface area contributed by atoms with E-state index in [9.17, 15) is 14.7 Å². The third-order valence-electron chi connectivity index (χ3n) is 6.66. The van der Waals surface area contributed by atoms with E-state index in [4.69, 9.17) is 0 Å². The van der Waals surface area contributed by atoms with Gasteiger partial charge in [0, 0.05) is 42.9 Å². The van der Waals surface area contributed by atoms with E-state index in [1.165, 1.54) is 0 Å². The van der Waals surface area contributed by atoms with Gasteiger partial charge in [0.15, 0.2) is 0 Å². The highest BCUT2D eigenvalue weighted by molar-refractivity contribution is 5.99. The Balaban J connectivity index is 1.25. The lowest BCUT2D eigenvalue weighted by molar-refractivity contribution is -0.140. The zero-order chi connectivity index (χ0) is 22.9. The molecule has 0 aliphatic carbocycles. The number of piperazine rings is 1. The van der Waals surface area contributed by atoms with Gasteiger partial charge in [0.2, 0.25) is 5.91 Å². The first-order chi connectivity index (χ1) is 16.0. The molecule has 2 bridgehead atoms. The van der Waals surface area contributed by atoms with Crippen LogP contribution in [0, 0.1) is 11.8 Å². The third-order valence-corrected chi connectivity index (χ3v) is 6.66. The number of rotatable bonds is 4. The quantitative estimate of drug-likeness (QED) is 0.631. The predicted molar refractivity (Wildman–Crippen MR) is 126 cm³/mol. The van der Waals surface area contributed by atoms with Crippen molar-refractivity contribution in [3.8, 4) is 17.6 Å². The molecule has 1 N–H and O–H groups in total. The highest BCUT2D eigenvalue weighted by atomic mass is 16.3. The number of carbonyl (C=O) groups is 2. The van der Waals surface area contributed by atoms with Crippen molar-refractivity contribution >= 4 is 22.6 Å². The summed E-state index contributed by atoms with van der Waals surface area (Å²) in [6, 6.07) is 14.6. The van der Waals surface area contributed by atoms with Crippen LogP contribution in [0.5, 0.6) is 5.75 Å². The molecule has 2 amide bonds. The van der Waals surface area contributed by atoms with Crippen LogP contribution in [0.3, 0.4) is 0 Å². The third kappa shape index (κ3) is 4.03. The van der Waals surface area contributed by atoms with Crippen molar-refractivity contribution in [1.29, 1.82) is 0 Å². The molecular formula is C27H25N3O3. The Morgan fingerprint density at radius 3 is 2.58 bits per heavy atom. The fraction of sp³-hybridized carbons (Fsp3) is 0.296. The van der Waals surface area contributed by atoms with Crippen molar-refractivity contribution in [1.82, 2.24) is 14.8 Å². The Morgan fingerprint density at radius 1 is 1.09 bits per heavy atom. The lowest BCUT2D eigenvalue weighted by Crippen LogP contribution is -2.70. The van der Waals surface area contributed by atoms with Crippen LogP contribution in [-0.4, -0.2) is 56.9 Å². The van der Waals surface area contributed by atoms with Gasteiger partial charge in [0.25, 0.3) is 5.91 Å². The van der Waals surface area contributed by atoms with Gasteiger partial charge >= 0.3 is 0 Å². The van der Waals surface area contributed by atoms with Crippen LogP contribution in [0.1, 0.15) is 41.6 Å². The number of amides is 2. The molecule has 6 nitrogen and oxygen atoms in total. The molecule has 3 aromatic rings. The van der Waals surface area contributed by atoms with Gasteiger partial charge in [-0.15, -0.1) is 5.92 Å². The second kappa shape index (κ2) is 8.59. The zero-order valence-electron chi connectivity index (χ0n) is 18.4. The molecule has 4 heterocycles. The number of phenolic OH excluding ortho intramolecular Hbond substituents is 1. The molecule has 3 aliphatic heterocycles. The van der Waals surface area contributed by atoms with Crippen molar-refractivity contribution < 1.29 is 14.7 Å². The highest BCUT2D eigenvalue weighted by Crippen LogP contribution is 2.35. The minimum absolute atomic E-state index is 0.0286. The van der Waals surface area contributed by atoms with Crippen molar-refractivity contribution in [2.45, 2.75) is 37.8 Å². The normalized spacial score (nSPS) is 19.9. The van der Waals surface area contributed by atoms with E-state index >= 15 is 0 Å². The number of hydrogen-bond acceptors (Lipinski definition) is 4. The van der Waals surface area contributed by atoms with Crippen LogP contribution in [-0.2, 0) is 4.79 Å². The summed E-state index contributed by atoms with van der Waals surface area (Å²) in [7, 11) is 0. The van der Waals surface area contributed by atoms with E-state index in [0.717, 1.165) is 22.8 Å². The number of fused-ring (bicyclic) bond motifs is 3. The standard InChI is InChI=1S/C27H25N3O3/c1-2-3-19(18-6-8-25(31)9-7-18)13-26(32)29-16-23-14-24(17-29)30(23)27(33)21-4-5-22-15-28-11-10-20(22)12-21/h4-12,15,19,23-24,31H,13-14,16-17H2,1H3/t19-,23?,24?/m0/s1. The first-order valence-corrected chi connectivity index (χ1v) is 11.2. The first-order valence-electron chi connectivity index (χ1n) is 11.2. The fourth-order valence-corrected chi connectivity index (χ4v) is 4.95. The Labute approximate surface area is 192 Å². The van der Waals surface area contributed by atoms with Gasteiger partial charge in [-0.1, -0.05) is 24.1 Å². The lowest BCUT2D eigenvalue weighted by atomic mass is 9.85. The fourth-order valence-electron chi connectivity index (χ4n) is 4.95. The van der Waals surface area contributed by atoms with E-state index in [-0.39, 0.29) is 42.0 Å². The van der Waals surface area contributed by atoms with Crippen LogP contribution < -0.4 is 0 Å². The lowest BCUT2D eigenvalue weighted by Gasteiger charge is -2.56. The van der Waals surface area contributed by atoms with Crippen molar-refractivity contribution in [2.75, 3.05) is 13.1 Å². The van der Waals surface area contributed by atoms with Gasteiger partial charge in [-0.05, 0) is 54.6 Å². The van der Waals surface area contributed by atoms with Gasteiger partial charge in [-0.3, -0.25) is 14.6 Å². The summed E-state index contributed by atoms with van der Waals surface area (Å²) in [5.41, 5.74) is 1.59. The van der Waals surface area contributed by atoms with Crippen LogP contribution in [0.2, 0.25) is 0 Å². The molecule has 6 rings (SSSR count). The van der Waals surface area contributed by atoms with Crippen LogP contribution >= 0.6 is 0 Å². The molecule has 6 heteroatoms. The van der Waals surface area contributed by atoms with Gasteiger partial charge in [0.1, 0.15) is 5.75 Å². The molecule has 0 radical (unpaired) electrons. The topological polar surface area (TPSA) is 73.7 Å². The van der Waals surface area contributed by atoms with Gasteiger partial charge < -0.3 is 14.9 Å². The van der Waals surface area contributed by atoms with E-state index in [0.29, 0.717) is 18.7 Å². The molecule has 166 valence electrons. The molecule has 2 unspecified atom stereocenters. The van der Waals surface area contributed by atoms with E-state index in [1.54, 1.807) is 31.5 Å². The number of benzene rings is 2. The molecule has 0 saturated carbocycles. The van der Waals surface area contributed by atoms with Gasteiger partial charge in [-0.2, -0.15) is 0 Å². The SMILES string of the molecule is CC#C[C@@H](CC(=O)N1CC2CC(C1)N2C(=O)c1ccc2cnccc2c1)c1ccc(O)cc1. The maximum absolute atomic E-state index is 13.2. The molecule has 0 spiro atoms. The largest absolute Gasteiger partial charge is 0.508 e. The van der Waals surface area contributed by atoms with Crippen molar-refractivity contribution in [2.24, 2.45) is 0 Å². The summed E-state index contributed by atoms with van der Waals surface area (Å²) in [6.45, 7) is 2.88. The number of phenols is 1. The second-order valence-electron chi connectivity index (χ2n) is 8.73. The monoisotopic (exact) mass is 439 g/mol. The maximum Gasteiger partial charge on any atom is 0.254 e. The van der Waals surface area contributed by atoms with Crippen LogP contribution in [0.25, 0.3) is 10.8 Å². The summed E-state index contributed by atoms with van der Waals surface area (Å²) >= 11 is 0. The molecule has 3 saturated heterocycles. The van der Waals surface area contributed by atoms with E-state index < -0.39 is 0 Å². The summed E-state index contributed by atoms with van der Waals surface area (Å²) in [5, 5.41) is 11.5. The summed E-state index contributed by atoms with van der Waals surface area (Å²) in [6.07, 6.45) is 4.74. The number of pyridine rings is 1. The Morgan fingerprint density at radius 2 is 1.85 bits per heavy atom. The number of nitrogens with zero attached hydrogens (tertiary/aromatic N) is 3. The molecule has 33 heavy (non-hydrogen) atoms. The average molecular weight is 440 g/mol. The minimum atomic E-state index is -0.217. The summed E-state index contributed by atoms with van der Waals surface area (Å²) < 4.78 is 0. The van der Waals surface area contributed by atoms with Crippen molar-refractivity contribution in [3.05, 3.63) is 72.1 Å². The summed E-state index contributed by atoms with van der Waals surface area (Å²) in [5.74, 6) is 6.10. The number of hydrogen-bond donors (Lipinski definition) is 1. The Hall–Kier alpha value is -3.85. The number of aromatic nitrogens is 1. The zero-order valence-corrected chi connectivity index (χ0v) is 18.4. The van der Waals surface area contributed by atoms with Gasteiger partial charge in [-0.25, -0.2) is 0 Å². The number of piperidine rings is 1. The second-order valence-corrected chi connectivity index (χ2v) is 8.73. The van der Waals surface area contributed by atoms with E-state index in [2.05, 4.69) is 16.8 Å². The minimum Gasteiger partial charge on any atom is -0.508 e. The maximum atomic E-state index is 13.2. The molecule has 3 fully saturated rings. The molecular weight excluding hydrogens is 414 g/mol. The van der Waals surface area contributed by atoms with Crippen molar-refractivity contribution in [3.63, 3.8) is 0 Å². The Kier molecular flexibility index (Phi) is 5.47. The Bertz CT molecular complexity index is 1260. The van der Waals surface area contributed by atoms with Gasteiger partial charge in [0.05, 0.1) is 18.0 Å². The van der Waals surface area contributed by atoms with Crippen LogP contribution in [0.4, 0.5) is 0 Å². The molecule has 3 aliphatic rings. The molecule has 3 atom stereocenters. The molecule has 2 aromatic carbocycles. The number of carbonyl (C=O) groups excluding carboxylic acids is 2. The average Bonchev–Trinajstić information content (AvgIpc) is 2.84. The van der Waals surface area contributed by atoms with Crippen LogP contribution in [0.15, 0.2) is 60.9 Å².